The summed E-state index contributed by atoms with van der Waals surface area (Å²) in [5.74, 6) is -0.0656. The van der Waals surface area contributed by atoms with Gasteiger partial charge in [-0.2, -0.15) is 0 Å². The van der Waals surface area contributed by atoms with Gasteiger partial charge in [0.25, 0.3) is 0 Å². The molecule has 7 heteroatoms. The highest BCUT2D eigenvalue weighted by Crippen LogP contribution is 2.22. The normalized spacial score (nSPS) is 16.0. The zero-order valence-electron chi connectivity index (χ0n) is 18.2. The summed E-state index contributed by atoms with van der Waals surface area (Å²) in [5, 5.41) is 5.73. The molecule has 2 aromatic rings. The average molecular weight is 427 g/mol. The molecule has 1 heterocycles. The Kier molecular flexibility index (Phi) is 7.87. The van der Waals surface area contributed by atoms with E-state index in [1.54, 1.807) is 17.0 Å². The number of rotatable bonds is 7. The number of amides is 3. The van der Waals surface area contributed by atoms with E-state index in [2.05, 4.69) is 10.6 Å². The van der Waals surface area contributed by atoms with Crippen molar-refractivity contribution in [3.05, 3.63) is 59.9 Å². The SMILES string of the molecule is CN(C)c1ccc(CNC(=O)CC[C@@H]2CCCN(C(=O)Nc3cccc(F)c3)C2)cc1. The molecule has 0 aromatic heterocycles. The van der Waals surface area contributed by atoms with Gasteiger partial charge in [-0.25, -0.2) is 9.18 Å². The fourth-order valence-electron chi connectivity index (χ4n) is 3.79. The molecule has 1 atom stereocenters. The van der Waals surface area contributed by atoms with Gasteiger partial charge in [0, 0.05) is 51.5 Å². The minimum Gasteiger partial charge on any atom is -0.378 e. The van der Waals surface area contributed by atoms with Crippen molar-refractivity contribution >= 4 is 23.3 Å². The number of piperidine rings is 1. The number of benzene rings is 2. The standard InChI is InChI=1S/C24H31FN4O2/c1-28(2)22-11-8-18(9-12-22)16-26-23(30)13-10-19-5-4-14-29(17-19)24(31)27-21-7-3-6-20(25)15-21/h3,6-9,11-12,15,19H,4-5,10,13-14,16-17H2,1-2H3,(H,26,30)(H,27,31)/t19-/m0/s1. The number of hydrogen-bond donors (Lipinski definition) is 2. The zero-order valence-corrected chi connectivity index (χ0v) is 18.2. The molecule has 166 valence electrons. The first-order valence-corrected chi connectivity index (χ1v) is 10.7. The van der Waals surface area contributed by atoms with Crippen LogP contribution >= 0.6 is 0 Å². The number of urea groups is 1. The first-order valence-electron chi connectivity index (χ1n) is 10.7. The fraction of sp³-hybridized carbons (Fsp3) is 0.417. The largest absolute Gasteiger partial charge is 0.378 e. The van der Waals surface area contributed by atoms with Gasteiger partial charge in [0.1, 0.15) is 5.82 Å². The maximum Gasteiger partial charge on any atom is 0.321 e. The Hall–Kier alpha value is -3.09. The van der Waals surface area contributed by atoms with E-state index >= 15 is 0 Å². The quantitative estimate of drug-likeness (QED) is 0.696. The van der Waals surface area contributed by atoms with E-state index in [-0.39, 0.29) is 23.7 Å². The summed E-state index contributed by atoms with van der Waals surface area (Å²) in [5.41, 5.74) is 2.64. The lowest BCUT2D eigenvalue weighted by Gasteiger charge is -2.32. The molecule has 3 rings (SSSR count). The van der Waals surface area contributed by atoms with E-state index in [0.717, 1.165) is 30.5 Å². The van der Waals surface area contributed by atoms with Crippen molar-refractivity contribution in [1.82, 2.24) is 10.2 Å². The minimum absolute atomic E-state index is 0.0259. The van der Waals surface area contributed by atoms with E-state index in [0.29, 0.717) is 31.7 Å². The molecule has 1 aliphatic rings. The van der Waals surface area contributed by atoms with Crippen LogP contribution in [0.25, 0.3) is 0 Å². The molecule has 2 N–H and O–H groups in total. The highest BCUT2D eigenvalue weighted by Gasteiger charge is 2.24. The van der Waals surface area contributed by atoms with Crippen LogP contribution in [0.1, 0.15) is 31.2 Å². The summed E-state index contributed by atoms with van der Waals surface area (Å²) >= 11 is 0. The van der Waals surface area contributed by atoms with Crippen LogP contribution in [0, 0.1) is 11.7 Å². The molecular formula is C24H31FN4O2. The molecule has 31 heavy (non-hydrogen) atoms. The summed E-state index contributed by atoms with van der Waals surface area (Å²) in [6, 6.07) is 13.8. The van der Waals surface area contributed by atoms with E-state index in [1.165, 1.54) is 12.1 Å². The number of halogens is 1. The Labute approximate surface area is 183 Å². The fourth-order valence-corrected chi connectivity index (χ4v) is 3.79. The maximum absolute atomic E-state index is 13.3. The van der Waals surface area contributed by atoms with Crippen molar-refractivity contribution in [2.24, 2.45) is 5.92 Å². The number of anilines is 2. The number of carbonyl (C=O) groups excluding carboxylic acids is 2. The van der Waals surface area contributed by atoms with Gasteiger partial charge in [0.15, 0.2) is 0 Å². The molecule has 0 bridgehead atoms. The molecule has 3 amide bonds. The van der Waals surface area contributed by atoms with E-state index in [4.69, 9.17) is 0 Å². The molecule has 1 saturated heterocycles. The lowest BCUT2D eigenvalue weighted by atomic mass is 9.93. The topological polar surface area (TPSA) is 64.7 Å². The van der Waals surface area contributed by atoms with Crippen molar-refractivity contribution in [3.8, 4) is 0 Å². The molecule has 0 radical (unpaired) electrons. The predicted octanol–water partition coefficient (Wildman–Crippen LogP) is 4.23. The Bertz CT molecular complexity index is 885. The van der Waals surface area contributed by atoms with Crippen LogP contribution in [0.3, 0.4) is 0 Å². The summed E-state index contributed by atoms with van der Waals surface area (Å²) in [4.78, 5) is 28.6. The summed E-state index contributed by atoms with van der Waals surface area (Å²) in [7, 11) is 3.99. The van der Waals surface area contributed by atoms with E-state index < -0.39 is 0 Å². The molecule has 0 unspecified atom stereocenters. The Morgan fingerprint density at radius 1 is 1.16 bits per heavy atom. The van der Waals surface area contributed by atoms with E-state index in [1.807, 2.05) is 43.3 Å². The van der Waals surface area contributed by atoms with E-state index in [9.17, 15) is 14.0 Å². The third-order valence-corrected chi connectivity index (χ3v) is 5.60. The second-order valence-electron chi connectivity index (χ2n) is 8.27. The van der Waals surface area contributed by atoms with Gasteiger partial charge < -0.3 is 20.4 Å². The number of likely N-dealkylation sites (tertiary alicyclic amines) is 1. The van der Waals surface area contributed by atoms with Crippen molar-refractivity contribution in [1.29, 1.82) is 0 Å². The molecular weight excluding hydrogens is 395 g/mol. The van der Waals surface area contributed by atoms with Crippen LogP contribution in [0.4, 0.5) is 20.6 Å². The Morgan fingerprint density at radius 2 is 1.94 bits per heavy atom. The molecule has 0 saturated carbocycles. The lowest BCUT2D eigenvalue weighted by molar-refractivity contribution is -0.121. The van der Waals surface area contributed by atoms with Crippen LogP contribution < -0.4 is 15.5 Å². The molecule has 6 nitrogen and oxygen atoms in total. The van der Waals surface area contributed by atoms with Gasteiger partial charge in [0.05, 0.1) is 0 Å². The number of carbonyl (C=O) groups is 2. The number of hydrogen-bond acceptors (Lipinski definition) is 3. The Morgan fingerprint density at radius 3 is 2.65 bits per heavy atom. The van der Waals surface area contributed by atoms with Crippen molar-refractivity contribution in [2.75, 3.05) is 37.4 Å². The van der Waals surface area contributed by atoms with Crippen molar-refractivity contribution in [2.45, 2.75) is 32.2 Å². The van der Waals surface area contributed by atoms with Gasteiger partial charge >= 0.3 is 6.03 Å². The second-order valence-corrected chi connectivity index (χ2v) is 8.27. The number of nitrogens with zero attached hydrogens (tertiary/aromatic N) is 2. The second kappa shape index (κ2) is 10.8. The first kappa shape index (κ1) is 22.6. The van der Waals surface area contributed by atoms with Crippen LogP contribution in [0.2, 0.25) is 0 Å². The van der Waals surface area contributed by atoms with Gasteiger partial charge in [-0.05, 0) is 61.1 Å². The Balaban J connectivity index is 1.40. The maximum atomic E-state index is 13.3. The van der Waals surface area contributed by atoms with Gasteiger partial charge in [-0.3, -0.25) is 4.79 Å². The van der Waals surface area contributed by atoms with Crippen LogP contribution in [0.5, 0.6) is 0 Å². The third-order valence-electron chi connectivity index (χ3n) is 5.60. The highest BCUT2D eigenvalue weighted by atomic mass is 19.1. The predicted molar refractivity (Wildman–Crippen MR) is 122 cm³/mol. The summed E-state index contributed by atoms with van der Waals surface area (Å²) in [6.07, 6.45) is 3.10. The van der Waals surface area contributed by atoms with Crippen LogP contribution in [-0.4, -0.2) is 44.0 Å². The number of nitrogens with one attached hydrogen (secondary N) is 2. The molecule has 0 aliphatic carbocycles. The first-order chi connectivity index (χ1) is 14.9. The average Bonchev–Trinajstić information content (AvgIpc) is 2.76. The molecule has 2 aromatic carbocycles. The zero-order chi connectivity index (χ0) is 22.2. The van der Waals surface area contributed by atoms with Gasteiger partial charge in [-0.15, -0.1) is 0 Å². The monoisotopic (exact) mass is 426 g/mol. The van der Waals surface area contributed by atoms with Crippen LogP contribution in [0.15, 0.2) is 48.5 Å². The van der Waals surface area contributed by atoms with Gasteiger partial charge in [0.2, 0.25) is 5.91 Å². The highest BCUT2D eigenvalue weighted by molar-refractivity contribution is 5.89. The van der Waals surface area contributed by atoms with Crippen molar-refractivity contribution < 1.29 is 14.0 Å². The molecule has 1 fully saturated rings. The van der Waals surface area contributed by atoms with Gasteiger partial charge in [-0.1, -0.05) is 18.2 Å². The molecule has 0 spiro atoms. The van der Waals surface area contributed by atoms with Crippen molar-refractivity contribution in [3.63, 3.8) is 0 Å². The summed E-state index contributed by atoms with van der Waals surface area (Å²) < 4.78 is 13.3. The minimum atomic E-state index is -0.381. The summed E-state index contributed by atoms with van der Waals surface area (Å²) in [6.45, 7) is 1.80. The third kappa shape index (κ3) is 6.98. The molecule has 1 aliphatic heterocycles. The van der Waals surface area contributed by atoms with Crippen LogP contribution in [-0.2, 0) is 11.3 Å². The smallest absolute Gasteiger partial charge is 0.321 e. The lowest BCUT2D eigenvalue weighted by Crippen LogP contribution is -2.42.